The van der Waals surface area contributed by atoms with Gasteiger partial charge in [0.1, 0.15) is 5.75 Å². The molecule has 0 bridgehead atoms. The van der Waals surface area contributed by atoms with Crippen LogP contribution < -0.4 is 15.0 Å². The Morgan fingerprint density at radius 1 is 1.26 bits per heavy atom. The normalized spacial score (nSPS) is 18.9. The van der Waals surface area contributed by atoms with Crippen molar-refractivity contribution in [2.45, 2.75) is 18.9 Å². The lowest BCUT2D eigenvalue weighted by Gasteiger charge is -2.24. The quantitative estimate of drug-likeness (QED) is 0.816. The van der Waals surface area contributed by atoms with E-state index in [4.69, 9.17) is 9.84 Å². The minimum absolute atomic E-state index is 0.576. The third-order valence-electron chi connectivity index (χ3n) is 5.44. The van der Waals surface area contributed by atoms with Crippen LogP contribution in [0.3, 0.4) is 0 Å². The van der Waals surface area contributed by atoms with Crippen LogP contribution >= 0.6 is 0 Å². The minimum Gasteiger partial charge on any atom is -0.497 e. The molecule has 2 aromatic carbocycles. The average Bonchev–Trinajstić information content (AvgIpc) is 2.85. The number of nitrogens with zero attached hydrogens (tertiary/aromatic N) is 1. The molecule has 1 atom stereocenters. The fourth-order valence-electron chi connectivity index (χ4n) is 4.14. The molecule has 0 radical (unpaired) electrons. The average molecular weight is 364 g/mol. The van der Waals surface area contributed by atoms with E-state index in [2.05, 4.69) is 28.4 Å². The highest BCUT2D eigenvalue weighted by atomic mass is 16.5. The number of carboxylic acids is 1. The molecule has 2 aromatic rings. The Kier molecular flexibility index (Phi) is 4.86. The van der Waals surface area contributed by atoms with E-state index < -0.39 is 5.97 Å². The Labute approximate surface area is 159 Å². The highest BCUT2D eigenvalue weighted by Crippen LogP contribution is 2.38. The van der Waals surface area contributed by atoms with Crippen LogP contribution in [-0.4, -0.2) is 43.9 Å². The molecule has 1 saturated heterocycles. The van der Waals surface area contributed by atoms with Crippen LogP contribution in [-0.2, 0) is 11.2 Å². The molecule has 1 unspecified atom stereocenters. The van der Waals surface area contributed by atoms with E-state index in [-0.39, 0.29) is 0 Å². The van der Waals surface area contributed by atoms with Gasteiger partial charge in [0.15, 0.2) is 0 Å². The molecule has 5 nitrogen and oxygen atoms in total. The number of benzene rings is 2. The van der Waals surface area contributed by atoms with E-state index in [1.165, 1.54) is 23.7 Å². The molecular weight excluding hydrogens is 340 g/mol. The van der Waals surface area contributed by atoms with Crippen molar-refractivity contribution < 1.29 is 14.6 Å². The predicted octanol–water partition coefficient (Wildman–Crippen LogP) is 3.18. The number of ether oxygens (including phenoxy) is 1. The topological polar surface area (TPSA) is 61.8 Å². The van der Waals surface area contributed by atoms with Crippen LogP contribution in [0.4, 0.5) is 5.69 Å². The van der Waals surface area contributed by atoms with E-state index in [9.17, 15) is 4.79 Å². The smallest absolute Gasteiger partial charge is 0.328 e. The summed E-state index contributed by atoms with van der Waals surface area (Å²) < 4.78 is 5.31. The van der Waals surface area contributed by atoms with Gasteiger partial charge in [0.2, 0.25) is 0 Å². The third kappa shape index (κ3) is 3.55. The lowest BCUT2D eigenvalue weighted by molar-refractivity contribution is -0.131. The first-order chi connectivity index (χ1) is 13.2. The number of anilines is 1. The van der Waals surface area contributed by atoms with Gasteiger partial charge >= 0.3 is 5.97 Å². The summed E-state index contributed by atoms with van der Waals surface area (Å²) in [7, 11) is 1.61. The Bertz CT molecular complexity index is 891. The zero-order chi connectivity index (χ0) is 18.8. The summed E-state index contributed by atoms with van der Waals surface area (Å²) in [6.45, 7) is 3.15. The molecule has 2 aliphatic heterocycles. The van der Waals surface area contributed by atoms with Crippen molar-refractivity contribution in [2.75, 3.05) is 31.6 Å². The summed E-state index contributed by atoms with van der Waals surface area (Å²) in [4.78, 5) is 13.5. The number of carbonyl (C=O) groups is 1. The second-order valence-electron chi connectivity index (χ2n) is 7.06. The van der Waals surface area contributed by atoms with Gasteiger partial charge in [-0.3, -0.25) is 0 Å². The molecule has 5 heteroatoms. The largest absolute Gasteiger partial charge is 0.497 e. The van der Waals surface area contributed by atoms with Crippen molar-refractivity contribution >= 4 is 17.7 Å². The maximum Gasteiger partial charge on any atom is 0.328 e. The zero-order valence-electron chi connectivity index (χ0n) is 15.4. The van der Waals surface area contributed by atoms with Gasteiger partial charge in [-0.2, -0.15) is 0 Å². The number of hydrogen-bond acceptors (Lipinski definition) is 4. The molecule has 4 rings (SSSR count). The number of methoxy groups -OCH3 is 1. The highest BCUT2D eigenvalue weighted by Gasteiger charge is 2.30. The molecule has 0 saturated carbocycles. The Morgan fingerprint density at radius 3 is 2.96 bits per heavy atom. The standard InChI is InChI=1S/C22H24N2O3/c1-27-19-4-5-20(16(14-19)3-7-22(25)26)15-2-6-21-17(12-15)13-18-8-9-23-10-11-24(18)21/h2-7,12,14,18,23H,8-11,13H2,1H3,(H,25,26)/b7-3+. The summed E-state index contributed by atoms with van der Waals surface area (Å²) >= 11 is 0. The van der Waals surface area contributed by atoms with Crippen molar-refractivity contribution in [3.63, 3.8) is 0 Å². The van der Waals surface area contributed by atoms with Gasteiger partial charge in [-0.15, -0.1) is 0 Å². The van der Waals surface area contributed by atoms with Crippen LogP contribution in [0.5, 0.6) is 5.75 Å². The van der Waals surface area contributed by atoms with Crippen molar-refractivity contribution in [1.29, 1.82) is 0 Å². The van der Waals surface area contributed by atoms with Gasteiger partial charge in [-0.05, 0) is 72.0 Å². The van der Waals surface area contributed by atoms with Crippen molar-refractivity contribution in [2.24, 2.45) is 0 Å². The van der Waals surface area contributed by atoms with Crippen LogP contribution in [0.1, 0.15) is 17.5 Å². The number of hydrogen-bond donors (Lipinski definition) is 2. The zero-order valence-corrected chi connectivity index (χ0v) is 15.4. The molecule has 2 aliphatic rings. The number of fused-ring (bicyclic) bond motifs is 3. The summed E-state index contributed by atoms with van der Waals surface area (Å²) in [6.07, 6.45) is 5.04. The monoisotopic (exact) mass is 364 g/mol. The van der Waals surface area contributed by atoms with Gasteiger partial charge in [-0.1, -0.05) is 12.1 Å². The maximum absolute atomic E-state index is 11.0. The van der Waals surface area contributed by atoms with Gasteiger partial charge in [0.05, 0.1) is 7.11 Å². The first-order valence-electron chi connectivity index (χ1n) is 9.35. The molecule has 2 heterocycles. The first-order valence-corrected chi connectivity index (χ1v) is 9.35. The third-order valence-corrected chi connectivity index (χ3v) is 5.44. The molecule has 0 aliphatic carbocycles. The van der Waals surface area contributed by atoms with Crippen LogP contribution in [0.2, 0.25) is 0 Å². The Balaban J connectivity index is 1.72. The second-order valence-corrected chi connectivity index (χ2v) is 7.06. The van der Waals surface area contributed by atoms with E-state index >= 15 is 0 Å². The number of aliphatic carboxylic acids is 1. The fourth-order valence-corrected chi connectivity index (χ4v) is 4.14. The maximum atomic E-state index is 11.0. The SMILES string of the molecule is COc1ccc(-c2ccc3c(c2)CC2CCNCCN32)c(/C=C/C(=O)O)c1. The minimum atomic E-state index is -0.959. The molecule has 1 fully saturated rings. The summed E-state index contributed by atoms with van der Waals surface area (Å²) in [6, 6.07) is 13.0. The van der Waals surface area contributed by atoms with Crippen molar-refractivity contribution in [1.82, 2.24) is 5.32 Å². The molecule has 0 aromatic heterocycles. The van der Waals surface area contributed by atoms with Crippen LogP contribution in [0.15, 0.2) is 42.5 Å². The van der Waals surface area contributed by atoms with E-state index in [0.29, 0.717) is 11.8 Å². The van der Waals surface area contributed by atoms with E-state index in [0.717, 1.165) is 42.7 Å². The highest BCUT2D eigenvalue weighted by molar-refractivity contribution is 5.88. The molecule has 140 valence electrons. The molecule has 27 heavy (non-hydrogen) atoms. The van der Waals surface area contributed by atoms with Gasteiger partial charge in [-0.25, -0.2) is 4.79 Å². The summed E-state index contributed by atoms with van der Waals surface area (Å²) in [5, 5.41) is 12.5. The Morgan fingerprint density at radius 2 is 2.15 bits per heavy atom. The van der Waals surface area contributed by atoms with Crippen LogP contribution in [0.25, 0.3) is 17.2 Å². The fraction of sp³-hybridized carbons (Fsp3) is 0.318. The first kappa shape index (κ1) is 17.6. The molecule has 0 spiro atoms. The molecule has 2 N–H and O–H groups in total. The number of carboxylic acid groups (broad SMARTS) is 1. The van der Waals surface area contributed by atoms with E-state index in [1.807, 2.05) is 18.2 Å². The lowest BCUT2D eigenvalue weighted by atomic mass is 9.96. The number of nitrogens with one attached hydrogen (secondary N) is 1. The number of rotatable bonds is 4. The van der Waals surface area contributed by atoms with Gasteiger partial charge in [0.25, 0.3) is 0 Å². The van der Waals surface area contributed by atoms with Crippen molar-refractivity contribution in [3.8, 4) is 16.9 Å². The summed E-state index contributed by atoms with van der Waals surface area (Å²) in [5.41, 5.74) is 5.68. The van der Waals surface area contributed by atoms with Gasteiger partial charge < -0.3 is 20.1 Å². The molecule has 0 amide bonds. The second kappa shape index (κ2) is 7.45. The Hall–Kier alpha value is -2.79. The van der Waals surface area contributed by atoms with E-state index in [1.54, 1.807) is 13.2 Å². The van der Waals surface area contributed by atoms with Crippen molar-refractivity contribution in [3.05, 3.63) is 53.6 Å². The predicted molar refractivity (Wildman–Crippen MR) is 107 cm³/mol. The lowest BCUT2D eigenvalue weighted by Crippen LogP contribution is -2.32. The van der Waals surface area contributed by atoms with Crippen LogP contribution in [0, 0.1) is 0 Å². The summed E-state index contributed by atoms with van der Waals surface area (Å²) in [5.74, 6) is -0.245. The molecular formula is C22H24N2O3. The van der Waals surface area contributed by atoms with Gasteiger partial charge in [0, 0.05) is 30.9 Å².